The minimum Gasteiger partial charge on any atom is -0.471 e. The molecule has 0 atom stereocenters. The maximum Gasteiger partial charge on any atom is 0.416 e. The smallest absolute Gasteiger partial charge is 0.416 e. The molecule has 3 rings (SSSR count). The van der Waals surface area contributed by atoms with Crippen molar-refractivity contribution in [3.8, 4) is 5.88 Å². The van der Waals surface area contributed by atoms with E-state index in [2.05, 4.69) is 10.3 Å². The summed E-state index contributed by atoms with van der Waals surface area (Å²) >= 11 is 0. The van der Waals surface area contributed by atoms with Crippen molar-refractivity contribution in [2.45, 2.75) is 19.2 Å². The molecule has 0 spiro atoms. The Bertz CT molecular complexity index is 756. The predicted molar refractivity (Wildman–Crippen MR) is 85.4 cm³/mol. The van der Waals surface area contributed by atoms with Gasteiger partial charge in [0.1, 0.15) is 6.10 Å². The molecule has 2 aromatic rings. The van der Waals surface area contributed by atoms with Crippen LogP contribution in [-0.2, 0) is 6.18 Å². The molecule has 1 aromatic heterocycles. The summed E-state index contributed by atoms with van der Waals surface area (Å²) in [4.78, 5) is 17.8. The number of aryl methyl sites for hydroxylation is 1. The Kier molecular flexibility index (Phi) is 4.52. The number of pyridine rings is 1. The summed E-state index contributed by atoms with van der Waals surface area (Å²) < 4.78 is 43.2. The van der Waals surface area contributed by atoms with E-state index in [1.165, 1.54) is 17.0 Å². The van der Waals surface area contributed by atoms with Crippen LogP contribution in [0.5, 0.6) is 5.88 Å². The highest BCUT2D eigenvalue weighted by Crippen LogP contribution is 2.30. The summed E-state index contributed by atoms with van der Waals surface area (Å²) in [6.07, 6.45) is -4.54. The second-order valence-electron chi connectivity index (χ2n) is 5.77. The lowest BCUT2D eigenvalue weighted by atomic mass is 10.2. The monoisotopic (exact) mass is 351 g/mol. The lowest BCUT2D eigenvalue weighted by molar-refractivity contribution is -0.137. The van der Waals surface area contributed by atoms with E-state index < -0.39 is 11.7 Å². The van der Waals surface area contributed by atoms with Crippen molar-refractivity contribution in [1.82, 2.24) is 9.88 Å². The topological polar surface area (TPSA) is 54.5 Å². The predicted octanol–water partition coefficient (Wildman–Crippen LogP) is 3.70. The molecular weight excluding hydrogens is 335 g/mol. The zero-order chi connectivity index (χ0) is 18.0. The molecule has 8 heteroatoms. The molecule has 0 bridgehead atoms. The van der Waals surface area contributed by atoms with Crippen LogP contribution in [0.4, 0.5) is 23.7 Å². The third kappa shape index (κ3) is 4.20. The third-order valence-electron chi connectivity index (χ3n) is 3.75. The summed E-state index contributed by atoms with van der Waals surface area (Å²) in [5.41, 5.74) is 0.394. The van der Waals surface area contributed by atoms with Crippen LogP contribution in [0, 0.1) is 6.92 Å². The van der Waals surface area contributed by atoms with Crippen LogP contribution in [0.1, 0.15) is 11.3 Å². The molecule has 25 heavy (non-hydrogen) atoms. The van der Waals surface area contributed by atoms with Crippen LogP contribution < -0.4 is 10.1 Å². The highest BCUT2D eigenvalue weighted by Gasteiger charge is 2.33. The number of halogens is 3. The second kappa shape index (κ2) is 6.62. The molecule has 0 saturated carbocycles. The van der Waals surface area contributed by atoms with Gasteiger partial charge in [0.05, 0.1) is 18.7 Å². The molecular formula is C17H16F3N3O2. The summed E-state index contributed by atoms with van der Waals surface area (Å²) in [5, 5.41) is 2.56. The average Bonchev–Trinajstić information content (AvgIpc) is 2.50. The number of carbonyl (C=O) groups is 1. The first-order valence-electron chi connectivity index (χ1n) is 7.65. The van der Waals surface area contributed by atoms with E-state index in [-0.39, 0.29) is 12.1 Å². The van der Waals surface area contributed by atoms with Crippen molar-refractivity contribution in [2.24, 2.45) is 0 Å². The Labute approximate surface area is 142 Å². The Hall–Kier alpha value is -2.77. The lowest BCUT2D eigenvalue weighted by Gasteiger charge is -2.38. The number of nitrogens with zero attached hydrogens (tertiary/aromatic N) is 2. The van der Waals surface area contributed by atoms with E-state index in [0.29, 0.717) is 24.7 Å². The van der Waals surface area contributed by atoms with Gasteiger partial charge in [0.25, 0.3) is 0 Å². The molecule has 1 saturated heterocycles. The van der Waals surface area contributed by atoms with E-state index >= 15 is 0 Å². The highest BCUT2D eigenvalue weighted by atomic mass is 19.4. The molecule has 2 amide bonds. The Morgan fingerprint density at radius 2 is 1.88 bits per heavy atom. The van der Waals surface area contributed by atoms with Gasteiger partial charge in [-0.05, 0) is 37.3 Å². The van der Waals surface area contributed by atoms with Crippen LogP contribution in [0.3, 0.4) is 0 Å². The quantitative estimate of drug-likeness (QED) is 0.917. The first-order chi connectivity index (χ1) is 11.8. The molecule has 0 unspecified atom stereocenters. The second-order valence-corrected chi connectivity index (χ2v) is 5.77. The van der Waals surface area contributed by atoms with Crippen molar-refractivity contribution >= 4 is 11.7 Å². The fourth-order valence-electron chi connectivity index (χ4n) is 2.38. The van der Waals surface area contributed by atoms with Gasteiger partial charge in [-0.1, -0.05) is 6.07 Å². The number of amides is 2. The molecule has 1 aliphatic rings. The van der Waals surface area contributed by atoms with Crippen molar-refractivity contribution < 1.29 is 22.7 Å². The SMILES string of the molecule is Cc1cccc(OC2CN(C(=O)Nc3ccc(C(F)(F)F)cc3)C2)n1. The zero-order valence-electron chi connectivity index (χ0n) is 13.4. The lowest BCUT2D eigenvalue weighted by Crippen LogP contribution is -2.57. The van der Waals surface area contributed by atoms with Gasteiger partial charge in [0.15, 0.2) is 0 Å². The number of nitrogens with one attached hydrogen (secondary N) is 1. The van der Waals surface area contributed by atoms with Gasteiger partial charge in [0, 0.05) is 17.4 Å². The van der Waals surface area contributed by atoms with Crippen LogP contribution >= 0.6 is 0 Å². The zero-order valence-corrected chi connectivity index (χ0v) is 13.4. The number of rotatable bonds is 3. The molecule has 2 heterocycles. The minimum atomic E-state index is -4.39. The van der Waals surface area contributed by atoms with Crippen LogP contribution in [-0.4, -0.2) is 35.1 Å². The molecule has 1 N–H and O–H groups in total. The highest BCUT2D eigenvalue weighted by molar-refractivity contribution is 5.89. The normalized spacial score (nSPS) is 14.8. The van der Waals surface area contributed by atoms with Crippen molar-refractivity contribution in [3.05, 3.63) is 53.7 Å². The van der Waals surface area contributed by atoms with E-state index in [1.807, 2.05) is 19.1 Å². The summed E-state index contributed by atoms with van der Waals surface area (Å²) in [6, 6.07) is 9.39. The molecule has 1 aromatic carbocycles. The molecule has 0 aliphatic carbocycles. The van der Waals surface area contributed by atoms with Crippen molar-refractivity contribution in [2.75, 3.05) is 18.4 Å². The van der Waals surface area contributed by atoms with E-state index in [1.54, 1.807) is 6.07 Å². The number of hydrogen-bond donors (Lipinski definition) is 1. The number of ether oxygens (including phenoxy) is 1. The van der Waals surface area contributed by atoms with Gasteiger partial charge in [0.2, 0.25) is 5.88 Å². The van der Waals surface area contributed by atoms with Crippen molar-refractivity contribution in [3.63, 3.8) is 0 Å². The maximum absolute atomic E-state index is 12.5. The summed E-state index contributed by atoms with van der Waals surface area (Å²) in [6.45, 7) is 2.64. The number of benzene rings is 1. The summed E-state index contributed by atoms with van der Waals surface area (Å²) in [5.74, 6) is 0.507. The molecule has 132 valence electrons. The van der Waals surface area contributed by atoms with E-state index in [9.17, 15) is 18.0 Å². The first kappa shape index (κ1) is 17.1. The maximum atomic E-state index is 12.5. The fourth-order valence-corrected chi connectivity index (χ4v) is 2.38. The van der Waals surface area contributed by atoms with Gasteiger partial charge in [-0.2, -0.15) is 13.2 Å². The molecule has 1 fully saturated rings. The Morgan fingerprint density at radius 3 is 2.48 bits per heavy atom. The van der Waals surface area contributed by atoms with Crippen LogP contribution in [0.2, 0.25) is 0 Å². The van der Waals surface area contributed by atoms with Gasteiger partial charge in [-0.25, -0.2) is 9.78 Å². The number of carbonyl (C=O) groups excluding carboxylic acids is 1. The number of anilines is 1. The largest absolute Gasteiger partial charge is 0.471 e. The van der Waals surface area contributed by atoms with Crippen LogP contribution in [0.25, 0.3) is 0 Å². The number of hydrogen-bond acceptors (Lipinski definition) is 3. The van der Waals surface area contributed by atoms with Crippen LogP contribution in [0.15, 0.2) is 42.5 Å². The third-order valence-corrected chi connectivity index (χ3v) is 3.75. The first-order valence-corrected chi connectivity index (χ1v) is 7.65. The fraction of sp³-hybridized carbons (Fsp3) is 0.294. The van der Waals surface area contributed by atoms with Gasteiger partial charge in [-0.15, -0.1) is 0 Å². The standard InChI is InChI=1S/C17H16F3N3O2/c1-11-3-2-4-15(21-11)25-14-9-23(10-14)16(24)22-13-7-5-12(6-8-13)17(18,19)20/h2-8,14H,9-10H2,1H3,(H,22,24). The summed E-state index contributed by atoms with van der Waals surface area (Å²) in [7, 11) is 0. The van der Waals surface area contributed by atoms with Crippen molar-refractivity contribution in [1.29, 1.82) is 0 Å². The molecule has 1 aliphatic heterocycles. The number of aromatic nitrogens is 1. The van der Waals surface area contributed by atoms with E-state index in [0.717, 1.165) is 17.8 Å². The van der Waals surface area contributed by atoms with Gasteiger partial charge >= 0.3 is 12.2 Å². The number of likely N-dealkylation sites (tertiary alicyclic amines) is 1. The average molecular weight is 351 g/mol. The Balaban J connectivity index is 1.49. The minimum absolute atomic E-state index is 0.146. The molecule has 0 radical (unpaired) electrons. The number of alkyl halides is 3. The van der Waals surface area contributed by atoms with E-state index in [4.69, 9.17) is 4.74 Å². The van der Waals surface area contributed by atoms with Gasteiger partial charge < -0.3 is 15.0 Å². The van der Waals surface area contributed by atoms with Gasteiger partial charge in [-0.3, -0.25) is 0 Å². The Morgan fingerprint density at radius 1 is 1.20 bits per heavy atom. The molecule has 5 nitrogen and oxygen atoms in total. The number of urea groups is 1.